The second-order valence-electron chi connectivity index (χ2n) is 5.16. The van der Waals surface area contributed by atoms with Crippen molar-refractivity contribution < 1.29 is 14.4 Å². The summed E-state index contributed by atoms with van der Waals surface area (Å²) in [5.74, 6) is -0.945. The number of carbonyl (C=O) groups is 3. The third kappa shape index (κ3) is 5.35. The zero-order valence-electron chi connectivity index (χ0n) is 11.4. The SMILES string of the molecule is CC(C)C[C@H](N)C(=O)NCC(=O)NC(=O)[C@@H]1CCN1. The van der Waals surface area contributed by atoms with Crippen LogP contribution >= 0.6 is 0 Å². The van der Waals surface area contributed by atoms with E-state index in [9.17, 15) is 14.4 Å². The lowest BCUT2D eigenvalue weighted by Gasteiger charge is -2.25. The first-order valence-electron chi connectivity index (χ1n) is 6.50. The molecule has 7 heteroatoms. The molecule has 7 nitrogen and oxygen atoms in total. The molecule has 1 aliphatic rings. The summed E-state index contributed by atoms with van der Waals surface area (Å²) < 4.78 is 0. The third-order valence-electron chi connectivity index (χ3n) is 2.89. The van der Waals surface area contributed by atoms with Gasteiger partial charge in [-0.1, -0.05) is 13.8 Å². The molecule has 0 aromatic rings. The fraction of sp³-hybridized carbons (Fsp3) is 0.750. The van der Waals surface area contributed by atoms with E-state index < -0.39 is 11.9 Å². The van der Waals surface area contributed by atoms with Crippen LogP contribution in [0.5, 0.6) is 0 Å². The predicted molar refractivity (Wildman–Crippen MR) is 70.0 cm³/mol. The van der Waals surface area contributed by atoms with Crippen LogP contribution in [0.2, 0.25) is 0 Å². The Labute approximate surface area is 112 Å². The molecule has 1 rings (SSSR count). The van der Waals surface area contributed by atoms with E-state index in [0.717, 1.165) is 13.0 Å². The monoisotopic (exact) mass is 270 g/mol. The lowest BCUT2D eigenvalue weighted by Crippen LogP contribution is -2.55. The van der Waals surface area contributed by atoms with Gasteiger partial charge in [-0.15, -0.1) is 0 Å². The second-order valence-corrected chi connectivity index (χ2v) is 5.16. The number of imide groups is 1. The van der Waals surface area contributed by atoms with E-state index in [1.807, 2.05) is 13.8 Å². The van der Waals surface area contributed by atoms with E-state index in [-0.39, 0.29) is 24.4 Å². The van der Waals surface area contributed by atoms with E-state index >= 15 is 0 Å². The first-order chi connectivity index (χ1) is 8.90. The first-order valence-corrected chi connectivity index (χ1v) is 6.50. The zero-order valence-corrected chi connectivity index (χ0v) is 11.4. The maximum atomic E-state index is 11.6. The number of hydrogen-bond donors (Lipinski definition) is 4. The predicted octanol–water partition coefficient (Wildman–Crippen LogP) is -1.52. The summed E-state index contributed by atoms with van der Waals surface area (Å²) in [7, 11) is 0. The highest BCUT2D eigenvalue weighted by Crippen LogP contribution is 2.02. The second kappa shape index (κ2) is 7.20. The maximum absolute atomic E-state index is 11.6. The van der Waals surface area contributed by atoms with Crippen LogP contribution in [0, 0.1) is 5.92 Å². The van der Waals surface area contributed by atoms with E-state index in [0.29, 0.717) is 12.3 Å². The van der Waals surface area contributed by atoms with Crippen molar-refractivity contribution >= 4 is 17.7 Å². The number of carbonyl (C=O) groups excluding carboxylic acids is 3. The van der Waals surface area contributed by atoms with Gasteiger partial charge in [0.2, 0.25) is 17.7 Å². The highest BCUT2D eigenvalue weighted by atomic mass is 16.2. The van der Waals surface area contributed by atoms with Crippen LogP contribution in [0.3, 0.4) is 0 Å². The van der Waals surface area contributed by atoms with E-state index in [2.05, 4.69) is 16.0 Å². The topological polar surface area (TPSA) is 113 Å². The minimum atomic E-state index is -0.628. The van der Waals surface area contributed by atoms with Gasteiger partial charge < -0.3 is 16.4 Å². The van der Waals surface area contributed by atoms with Gasteiger partial charge >= 0.3 is 0 Å². The maximum Gasteiger partial charge on any atom is 0.245 e. The van der Waals surface area contributed by atoms with Gasteiger partial charge in [-0.2, -0.15) is 0 Å². The largest absolute Gasteiger partial charge is 0.346 e. The Kier molecular flexibility index (Phi) is 5.91. The minimum Gasteiger partial charge on any atom is -0.346 e. The molecule has 1 heterocycles. The van der Waals surface area contributed by atoms with Gasteiger partial charge in [-0.25, -0.2) is 0 Å². The van der Waals surface area contributed by atoms with Crippen LogP contribution in [0.15, 0.2) is 0 Å². The quantitative estimate of drug-likeness (QED) is 0.468. The smallest absolute Gasteiger partial charge is 0.245 e. The van der Waals surface area contributed by atoms with Crippen molar-refractivity contribution in [2.45, 2.75) is 38.8 Å². The molecule has 108 valence electrons. The fourth-order valence-electron chi connectivity index (χ4n) is 1.69. The van der Waals surface area contributed by atoms with Crippen molar-refractivity contribution in [1.29, 1.82) is 0 Å². The highest BCUT2D eigenvalue weighted by Gasteiger charge is 2.25. The van der Waals surface area contributed by atoms with Crippen LogP contribution in [0.4, 0.5) is 0 Å². The summed E-state index contributed by atoms with van der Waals surface area (Å²) in [5.41, 5.74) is 5.66. The summed E-state index contributed by atoms with van der Waals surface area (Å²) in [5, 5.41) is 7.52. The molecule has 2 atom stereocenters. The normalized spacial score (nSPS) is 19.5. The molecule has 0 aliphatic carbocycles. The number of nitrogens with two attached hydrogens (primary N) is 1. The molecule has 0 aromatic carbocycles. The third-order valence-corrected chi connectivity index (χ3v) is 2.89. The molecule has 0 radical (unpaired) electrons. The molecule has 0 spiro atoms. The number of hydrogen-bond acceptors (Lipinski definition) is 5. The van der Waals surface area contributed by atoms with Gasteiger partial charge in [0, 0.05) is 0 Å². The summed E-state index contributed by atoms with van der Waals surface area (Å²) in [6, 6.07) is -0.917. The Morgan fingerprint density at radius 3 is 2.47 bits per heavy atom. The van der Waals surface area contributed by atoms with E-state index in [4.69, 9.17) is 5.73 Å². The van der Waals surface area contributed by atoms with Crippen LogP contribution in [-0.2, 0) is 14.4 Å². The summed E-state index contributed by atoms with van der Waals surface area (Å²) in [6.07, 6.45) is 1.28. The summed E-state index contributed by atoms with van der Waals surface area (Å²) in [4.78, 5) is 34.4. The first kappa shape index (κ1) is 15.6. The minimum absolute atomic E-state index is 0.233. The summed E-state index contributed by atoms with van der Waals surface area (Å²) >= 11 is 0. The molecule has 0 unspecified atom stereocenters. The molecule has 0 saturated carbocycles. The molecule has 1 fully saturated rings. The van der Waals surface area contributed by atoms with Gasteiger partial charge in [-0.05, 0) is 25.3 Å². The van der Waals surface area contributed by atoms with Crippen molar-refractivity contribution in [3.05, 3.63) is 0 Å². The Morgan fingerprint density at radius 1 is 1.37 bits per heavy atom. The van der Waals surface area contributed by atoms with Gasteiger partial charge in [0.25, 0.3) is 0 Å². The highest BCUT2D eigenvalue weighted by molar-refractivity contribution is 6.00. The average molecular weight is 270 g/mol. The van der Waals surface area contributed by atoms with Gasteiger partial charge in [-0.3, -0.25) is 19.7 Å². The molecule has 1 saturated heterocycles. The van der Waals surface area contributed by atoms with Crippen molar-refractivity contribution in [1.82, 2.24) is 16.0 Å². The fourth-order valence-corrected chi connectivity index (χ4v) is 1.69. The molecule has 5 N–H and O–H groups in total. The molecule has 1 aliphatic heterocycles. The zero-order chi connectivity index (χ0) is 14.4. The van der Waals surface area contributed by atoms with Crippen molar-refractivity contribution in [3.63, 3.8) is 0 Å². The van der Waals surface area contributed by atoms with Gasteiger partial charge in [0.15, 0.2) is 0 Å². The molecule has 3 amide bonds. The summed E-state index contributed by atoms with van der Waals surface area (Å²) in [6.45, 7) is 4.48. The van der Waals surface area contributed by atoms with Gasteiger partial charge in [0.1, 0.15) is 0 Å². The molecule has 0 aromatic heterocycles. The standard InChI is InChI=1S/C12H22N4O3/c1-7(2)5-8(13)11(18)15-6-10(17)16-12(19)9-3-4-14-9/h7-9,14H,3-6,13H2,1-2H3,(H,15,18)(H,16,17,19)/t8-,9-/m0/s1. The Morgan fingerprint density at radius 2 is 2.00 bits per heavy atom. The van der Waals surface area contributed by atoms with Crippen LogP contribution in [-0.4, -0.2) is 42.9 Å². The average Bonchev–Trinajstić information content (AvgIpc) is 2.22. The molecule has 0 bridgehead atoms. The number of amides is 3. The number of rotatable bonds is 6. The van der Waals surface area contributed by atoms with Crippen LogP contribution in [0.25, 0.3) is 0 Å². The molecular weight excluding hydrogens is 248 g/mol. The molecule has 19 heavy (non-hydrogen) atoms. The van der Waals surface area contributed by atoms with Gasteiger partial charge in [0.05, 0.1) is 18.6 Å². The van der Waals surface area contributed by atoms with Crippen molar-refractivity contribution in [2.24, 2.45) is 11.7 Å². The van der Waals surface area contributed by atoms with E-state index in [1.54, 1.807) is 0 Å². The lowest BCUT2D eigenvalue weighted by atomic mass is 10.0. The lowest BCUT2D eigenvalue weighted by molar-refractivity contribution is -0.133. The Bertz CT molecular complexity index is 353. The number of nitrogens with one attached hydrogen (secondary N) is 3. The van der Waals surface area contributed by atoms with Crippen molar-refractivity contribution in [2.75, 3.05) is 13.1 Å². The van der Waals surface area contributed by atoms with Crippen molar-refractivity contribution in [3.8, 4) is 0 Å². The van der Waals surface area contributed by atoms with Crippen LogP contribution in [0.1, 0.15) is 26.7 Å². The van der Waals surface area contributed by atoms with E-state index in [1.165, 1.54) is 0 Å². The Balaban J connectivity index is 2.21. The molecular formula is C12H22N4O3. The van der Waals surface area contributed by atoms with Crippen LogP contribution < -0.4 is 21.7 Å². The Hall–Kier alpha value is -1.47.